The number of benzene rings is 1. The van der Waals surface area contributed by atoms with Gasteiger partial charge in [-0.1, -0.05) is 45.0 Å². The molecule has 0 radical (unpaired) electrons. The Bertz CT molecular complexity index is 335. The number of aryl methyl sites for hydroxylation is 1. The molecule has 0 saturated carbocycles. The van der Waals surface area contributed by atoms with Gasteiger partial charge in [0.1, 0.15) is 0 Å². The summed E-state index contributed by atoms with van der Waals surface area (Å²) in [4.78, 5) is 0. The highest BCUT2D eigenvalue weighted by Gasteiger charge is 2.20. The highest BCUT2D eigenvalue weighted by Crippen LogP contribution is 2.35. The topological polar surface area (TPSA) is 26.0 Å². The van der Waals surface area contributed by atoms with Gasteiger partial charge >= 0.3 is 0 Å². The molecular weight excluding hydrogens is 226 g/mol. The molecule has 1 nitrogen and oxygen atoms in total. The monoisotopic (exact) mass is 251 g/mol. The molecule has 0 fully saturated rings. The molecule has 17 heavy (non-hydrogen) atoms. The molecule has 96 valence electrons. The molecule has 2 heteroatoms. The van der Waals surface area contributed by atoms with Crippen molar-refractivity contribution < 1.29 is 0 Å². The Hall–Kier alpha value is -0.470. The van der Waals surface area contributed by atoms with Crippen LogP contribution in [0.5, 0.6) is 0 Å². The van der Waals surface area contributed by atoms with E-state index in [-0.39, 0.29) is 6.04 Å². The van der Waals surface area contributed by atoms with Crippen molar-refractivity contribution in [1.29, 1.82) is 0 Å². The zero-order valence-electron chi connectivity index (χ0n) is 11.4. The summed E-state index contributed by atoms with van der Waals surface area (Å²) in [5, 5.41) is 0.434. The van der Waals surface area contributed by atoms with E-state index in [1.54, 1.807) is 0 Å². The highest BCUT2D eigenvalue weighted by atomic mass is 32.2. The van der Waals surface area contributed by atoms with E-state index in [4.69, 9.17) is 5.73 Å². The van der Waals surface area contributed by atoms with Gasteiger partial charge in [0.2, 0.25) is 0 Å². The Balaban J connectivity index is 2.86. The lowest BCUT2D eigenvalue weighted by molar-refractivity contribution is 0.629. The first kappa shape index (κ1) is 14.6. The second-order valence-corrected chi connectivity index (χ2v) is 6.25. The summed E-state index contributed by atoms with van der Waals surface area (Å²) < 4.78 is 0. The third-order valence-corrected chi connectivity index (χ3v) is 4.79. The summed E-state index contributed by atoms with van der Waals surface area (Å²) in [7, 11) is 0. The number of thioether (sulfide) groups is 1. The average molecular weight is 251 g/mol. The lowest BCUT2D eigenvalue weighted by Crippen LogP contribution is -2.26. The fourth-order valence-corrected chi connectivity index (χ4v) is 3.34. The van der Waals surface area contributed by atoms with Crippen LogP contribution in [0.2, 0.25) is 0 Å². The molecule has 2 atom stereocenters. The van der Waals surface area contributed by atoms with Gasteiger partial charge in [0, 0.05) is 11.3 Å². The summed E-state index contributed by atoms with van der Waals surface area (Å²) >= 11 is 2.00. The highest BCUT2D eigenvalue weighted by molar-refractivity contribution is 7.99. The Morgan fingerprint density at radius 1 is 1.24 bits per heavy atom. The van der Waals surface area contributed by atoms with E-state index in [1.165, 1.54) is 16.9 Å². The van der Waals surface area contributed by atoms with Gasteiger partial charge in [-0.05, 0) is 36.1 Å². The predicted octanol–water partition coefficient (Wildman–Crippen LogP) is 4.16. The van der Waals surface area contributed by atoms with Gasteiger partial charge < -0.3 is 5.73 Å². The summed E-state index contributed by atoms with van der Waals surface area (Å²) in [5.41, 5.74) is 9.05. The lowest BCUT2D eigenvalue weighted by atomic mass is 10.00. The van der Waals surface area contributed by atoms with Gasteiger partial charge in [-0.3, -0.25) is 0 Å². The van der Waals surface area contributed by atoms with Crippen molar-refractivity contribution in [2.75, 3.05) is 5.75 Å². The number of rotatable bonds is 6. The maximum atomic E-state index is 6.28. The van der Waals surface area contributed by atoms with E-state index in [2.05, 4.69) is 52.0 Å². The molecular formula is C15H25NS. The summed E-state index contributed by atoms with van der Waals surface area (Å²) in [6, 6.07) is 8.87. The van der Waals surface area contributed by atoms with Gasteiger partial charge in [0.25, 0.3) is 0 Å². The van der Waals surface area contributed by atoms with Crippen LogP contribution >= 0.6 is 11.8 Å². The van der Waals surface area contributed by atoms with Gasteiger partial charge in [-0.2, -0.15) is 11.8 Å². The maximum Gasteiger partial charge on any atom is 0.0450 e. The standard InChI is InChI=1S/C15H25NS/c1-5-14(16)15(17-10-11(2)3)13-9-7-6-8-12(13)4/h6-9,11,14-15H,5,10,16H2,1-4H3. The van der Waals surface area contributed by atoms with Crippen LogP contribution in [-0.4, -0.2) is 11.8 Å². The minimum atomic E-state index is 0.250. The molecule has 0 aliphatic heterocycles. The quantitative estimate of drug-likeness (QED) is 0.821. The molecule has 0 spiro atoms. The van der Waals surface area contributed by atoms with Gasteiger partial charge in [0.05, 0.1) is 0 Å². The van der Waals surface area contributed by atoms with E-state index in [1.807, 2.05) is 11.8 Å². The first-order chi connectivity index (χ1) is 8.06. The summed E-state index contributed by atoms with van der Waals surface area (Å²) in [6.07, 6.45) is 1.03. The molecule has 1 aromatic rings. The van der Waals surface area contributed by atoms with Crippen molar-refractivity contribution in [2.45, 2.75) is 45.4 Å². The molecule has 1 aromatic carbocycles. The Labute approximate surface area is 110 Å². The molecule has 0 amide bonds. The molecule has 0 heterocycles. The largest absolute Gasteiger partial charge is 0.326 e. The summed E-state index contributed by atoms with van der Waals surface area (Å²) in [6.45, 7) is 8.88. The van der Waals surface area contributed by atoms with E-state index in [0.717, 1.165) is 12.3 Å². The predicted molar refractivity (Wildman–Crippen MR) is 79.5 cm³/mol. The van der Waals surface area contributed by atoms with Gasteiger partial charge in [0.15, 0.2) is 0 Å². The molecule has 2 unspecified atom stereocenters. The summed E-state index contributed by atoms with van der Waals surface area (Å²) in [5.74, 6) is 1.89. The zero-order valence-corrected chi connectivity index (χ0v) is 12.3. The van der Waals surface area contributed by atoms with Crippen LogP contribution in [0, 0.1) is 12.8 Å². The second-order valence-electron chi connectivity index (χ2n) is 5.08. The van der Waals surface area contributed by atoms with Crippen LogP contribution in [0.25, 0.3) is 0 Å². The minimum Gasteiger partial charge on any atom is -0.326 e. The normalized spacial score (nSPS) is 14.9. The second kappa shape index (κ2) is 7.07. The Kier molecular flexibility index (Phi) is 6.07. The number of hydrogen-bond acceptors (Lipinski definition) is 2. The first-order valence-electron chi connectivity index (χ1n) is 6.49. The smallest absolute Gasteiger partial charge is 0.0450 e. The van der Waals surface area contributed by atoms with Crippen LogP contribution in [0.4, 0.5) is 0 Å². The fourth-order valence-electron chi connectivity index (χ4n) is 1.86. The van der Waals surface area contributed by atoms with E-state index in [0.29, 0.717) is 5.25 Å². The van der Waals surface area contributed by atoms with E-state index >= 15 is 0 Å². The zero-order chi connectivity index (χ0) is 12.8. The fraction of sp³-hybridized carbons (Fsp3) is 0.600. The van der Waals surface area contributed by atoms with E-state index < -0.39 is 0 Å². The molecule has 1 rings (SSSR count). The van der Waals surface area contributed by atoms with Gasteiger partial charge in [-0.15, -0.1) is 0 Å². The van der Waals surface area contributed by atoms with Crippen molar-refractivity contribution in [1.82, 2.24) is 0 Å². The van der Waals surface area contributed by atoms with Crippen LogP contribution in [-0.2, 0) is 0 Å². The third-order valence-electron chi connectivity index (χ3n) is 2.96. The van der Waals surface area contributed by atoms with Crippen LogP contribution in [0.1, 0.15) is 43.6 Å². The van der Waals surface area contributed by atoms with Crippen molar-refractivity contribution in [3.63, 3.8) is 0 Å². The van der Waals surface area contributed by atoms with Crippen molar-refractivity contribution in [3.8, 4) is 0 Å². The lowest BCUT2D eigenvalue weighted by Gasteiger charge is -2.25. The van der Waals surface area contributed by atoms with Crippen molar-refractivity contribution in [3.05, 3.63) is 35.4 Å². The van der Waals surface area contributed by atoms with Crippen molar-refractivity contribution in [2.24, 2.45) is 11.7 Å². The molecule has 0 aliphatic carbocycles. The van der Waals surface area contributed by atoms with Crippen molar-refractivity contribution >= 4 is 11.8 Å². The molecule has 0 bridgehead atoms. The average Bonchev–Trinajstić information content (AvgIpc) is 2.30. The Morgan fingerprint density at radius 2 is 1.88 bits per heavy atom. The SMILES string of the molecule is CCC(N)C(SCC(C)C)c1ccccc1C. The molecule has 2 N–H and O–H groups in total. The third kappa shape index (κ3) is 4.36. The van der Waals surface area contributed by atoms with Gasteiger partial charge in [-0.25, -0.2) is 0 Å². The maximum absolute atomic E-state index is 6.28. The molecule has 0 aliphatic rings. The Morgan fingerprint density at radius 3 is 2.41 bits per heavy atom. The van der Waals surface area contributed by atoms with E-state index in [9.17, 15) is 0 Å². The van der Waals surface area contributed by atoms with Crippen LogP contribution in [0.3, 0.4) is 0 Å². The minimum absolute atomic E-state index is 0.250. The number of nitrogens with two attached hydrogens (primary N) is 1. The van der Waals surface area contributed by atoms with Crippen LogP contribution < -0.4 is 5.73 Å². The molecule has 0 saturated heterocycles. The number of hydrogen-bond donors (Lipinski definition) is 1. The molecule has 0 aromatic heterocycles. The van der Waals surface area contributed by atoms with Crippen LogP contribution in [0.15, 0.2) is 24.3 Å². The first-order valence-corrected chi connectivity index (χ1v) is 7.53.